The van der Waals surface area contributed by atoms with Gasteiger partial charge in [0.1, 0.15) is 5.76 Å². The van der Waals surface area contributed by atoms with Gasteiger partial charge in [-0.2, -0.15) is 0 Å². The molecule has 0 aromatic carbocycles. The van der Waals surface area contributed by atoms with E-state index in [1.807, 2.05) is 0 Å². The van der Waals surface area contributed by atoms with Crippen molar-refractivity contribution in [3.63, 3.8) is 0 Å². The molecule has 0 saturated carbocycles. The summed E-state index contributed by atoms with van der Waals surface area (Å²) in [5, 5.41) is 3.91. The van der Waals surface area contributed by atoms with Crippen LogP contribution in [0.3, 0.4) is 0 Å². The molecule has 2 heterocycles. The number of rotatable bonds is 4. The minimum Gasteiger partial charge on any atom is -0.479 e. The zero-order valence-electron chi connectivity index (χ0n) is 9.45. The van der Waals surface area contributed by atoms with Gasteiger partial charge in [-0.15, -0.1) is 0 Å². The lowest BCUT2D eigenvalue weighted by atomic mass is 10.1. The minimum atomic E-state index is 0.659. The quantitative estimate of drug-likeness (QED) is 0.760. The topological polar surface area (TPSA) is 38.5 Å². The highest BCUT2D eigenvalue weighted by Gasteiger charge is 2.24. The third kappa shape index (κ3) is 2.15. The standard InChI is InChI=1S/C11H18N2O2/c1-3-4-6-13-7-5-10-9(8-13)11(14-2)12-15-10/h3-8H2,1-2H3. The molecule has 1 aliphatic rings. The molecule has 1 aromatic heterocycles. The van der Waals surface area contributed by atoms with E-state index in [4.69, 9.17) is 9.26 Å². The van der Waals surface area contributed by atoms with Gasteiger partial charge in [0, 0.05) is 19.5 Å². The third-order valence-corrected chi connectivity index (χ3v) is 2.89. The molecule has 0 fully saturated rings. The van der Waals surface area contributed by atoms with Crippen molar-refractivity contribution in [2.24, 2.45) is 0 Å². The fourth-order valence-electron chi connectivity index (χ4n) is 1.97. The molecule has 1 aromatic rings. The summed E-state index contributed by atoms with van der Waals surface area (Å²) >= 11 is 0. The summed E-state index contributed by atoms with van der Waals surface area (Å²) in [7, 11) is 1.64. The molecule has 4 nitrogen and oxygen atoms in total. The van der Waals surface area contributed by atoms with Crippen LogP contribution in [0.5, 0.6) is 5.88 Å². The number of aromatic nitrogens is 1. The summed E-state index contributed by atoms with van der Waals surface area (Å²) in [6.07, 6.45) is 3.45. The van der Waals surface area contributed by atoms with Crippen LogP contribution in [0.2, 0.25) is 0 Å². The second kappa shape index (κ2) is 4.66. The first-order chi connectivity index (χ1) is 7.35. The maximum atomic E-state index is 5.23. The van der Waals surface area contributed by atoms with Crippen molar-refractivity contribution in [1.82, 2.24) is 10.1 Å². The maximum Gasteiger partial charge on any atom is 0.258 e. The van der Waals surface area contributed by atoms with Gasteiger partial charge in [0.25, 0.3) is 5.88 Å². The van der Waals surface area contributed by atoms with Crippen LogP contribution in [0.1, 0.15) is 31.1 Å². The number of hydrogen-bond donors (Lipinski definition) is 0. The van der Waals surface area contributed by atoms with Crippen LogP contribution in [0, 0.1) is 0 Å². The highest BCUT2D eigenvalue weighted by Crippen LogP contribution is 2.27. The van der Waals surface area contributed by atoms with E-state index < -0.39 is 0 Å². The first-order valence-corrected chi connectivity index (χ1v) is 5.59. The Morgan fingerprint density at radius 1 is 1.53 bits per heavy atom. The van der Waals surface area contributed by atoms with Gasteiger partial charge in [0.15, 0.2) is 0 Å². The van der Waals surface area contributed by atoms with E-state index in [0.717, 1.165) is 37.4 Å². The fourth-order valence-corrected chi connectivity index (χ4v) is 1.97. The van der Waals surface area contributed by atoms with Crippen molar-refractivity contribution in [2.45, 2.75) is 32.7 Å². The van der Waals surface area contributed by atoms with Gasteiger partial charge in [-0.25, -0.2) is 0 Å². The summed E-state index contributed by atoms with van der Waals surface area (Å²) in [5.74, 6) is 1.66. The predicted octanol–water partition coefficient (Wildman–Crippen LogP) is 1.84. The first kappa shape index (κ1) is 10.5. The molecule has 0 N–H and O–H groups in total. The number of nitrogens with zero attached hydrogens (tertiary/aromatic N) is 2. The highest BCUT2D eigenvalue weighted by atomic mass is 16.5. The highest BCUT2D eigenvalue weighted by molar-refractivity contribution is 5.29. The van der Waals surface area contributed by atoms with Gasteiger partial charge in [-0.3, -0.25) is 4.90 Å². The Labute approximate surface area is 90.2 Å². The van der Waals surface area contributed by atoms with Crippen molar-refractivity contribution < 1.29 is 9.26 Å². The molecule has 1 aliphatic heterocycles. The molecule has 0 amide bonds. The zero-order valence-corrected chi connectivity index (χ0v) is 9.45. The molecule has 15 heavy (non-hydrogen) atoms. The Bertz CT molecular complexity index is 309. The zero-order chi connectivity index (χ0) is 10.7. The molecule has 0 unspecified atom stereocenters. The van der Waals surface area contributed by atoms with E-state index in [-0.39, 0.29) is 0 Å². The van der Waals surface area contributed by atoms with Crippen LogP contribution in [-0.4, -0.2) is 30.3 Å². The van der Waals surface area contributed by atoms with E-state index in [9.17, 15) is 0 Å². The second-order valence-corrected chi connectivity index (χ2v) is 3.97. The Hall–Kier alpha value is -1.03. The van der Waals surface area contributed by atoms with Crippen molar-refractivity contribution in [3.05, 3.63) is 11.3 Å². The Kier molecular flexibility index (Phi) is 3.26. The lowest BCUT2D eigenvalue weighted by molar-refractivity contribution is 0.233. The van der Waals surface area contributed by atoms with Crippen molar-refractivity contribution >= 4 is 0 Å². The second-order valence-electron chi connectivity index (χ2n) is 3.97. The maximum absolute atomic E-state index is 5.23. The monoisotopic (exact) mass is 210 g/mol. The summed E-state index contributed by atoms with van der Waals surface area (Å²) in [5.41, 5.74) is 1.14. The molecule has 2 rings (SSSR count). The minimum absolute atomic E-state index is 0.659. The number of fused-ring (bicyclic) bond motifs is 1. The number of methoxy groups -OCH3 is 1. The fraction of sp³-hybridized carbons (Fsp3) is 0.727. The van der Waals surface area contributed by atoms with Crippen LogP contribution in [0.4, 0.5) is 0 Å². The lowest BCUT2D eigenvalue weighted by Crippen LogP contribution is -2.30. The van der Waals surface area contributed by atoms with E-state index in [1.165, 1.54) is 12.8 Å². The van der Waals surface area contributed by atoms with E-state index >= 15 is 0 Å². The summed E-state index contributed by atoms with van der Waals surface area (Å²) < 4.78 is 10.4. The van der Waals surface area contributed by atoms with Gasteiger partial charge < -0.3 is 9.26 Å². The Balaban J connectivity index is 2.04. The van der Waals surface area contributed by atoms with Gasteiger partial charge in [-0.05, 0) is 18.1 Å². The predicted molar refractivity (Wildman–Crippen MR) is 56.9 cm³/mol. The van der Waals surface area contributed by atoms with Crippen LogP contribution in [0.25, 0.3) is 0 Å². The molecule has 0 aliphatic carbocycles. The molecule has 0 spiro atoms. The molecule has 84 valence electrons. The summed E-state index contributed by atoms with van der Waals surface area (Å²) in [6, 6.07) is 0. The van der Waals surface area contributed by atoms with Gasteiger partial charge in [0.05, 0.1) is 12.7 Å². The molecule has 0 atom stereocenters. The van der Waals surface area contributed by atoms with Crippen molar-refractivity contribution in [1.29, 1.82) is 0 Å². The Morgan fingerprint density at radius 2 is 2.40 bits per heavy atom. The molecular formula is C11H18N2O2. The number of ether oxygens (including phenoxy) is 1. The number of unbranched alkanes of at least 4 members (excludes halogenated alkanes) is 1. The van der Waals surface area contributed by atoms with Crippen LogP contribution in [0.15, 0.2) is 4.52 Å². The molecule has 0 bridgehead atoms. The van der Waals surface area contributed by atoms with Gasteiger partial charge >= 0.3 is 0 Å². The van der Waals surface area contributed by atoms with Gasteiger partial charge in [-0.1, -0.05) is 13.3 Å². The van der Waals surface area contributed by atoms with E-state index in [0.29, 0.717) is 5.88 Å². The average Bonchev–Trinajstić information content (AvgIpc) is 2.68. The third-order valence-electron chi connectivity index (χ3n) is 2.89. The van der Waals surface area contributed by atoms with Crippen LogP contribution < -0.4 is 4.74 Å². The van der Waals surface area contributed by atoms with Crippen LogP contribution in [-0.2, 0) is 13.0 Å². The van der Waals surface area contributed by atoms with Crippen LogP contribution >= 0.6 is 0 Å². The summed E-state index contributed by atoms with van der Waals surface area (Å²) in [6.45, 7) is 5.37. The SMILES string of the molecule is CCCCN1CCc2onc(OC)c2C1. The Morgan fingerprint density at radius 3 is 3.13 bits per heavy atom. The molecule has 4 heteroatoms. The normalized spacial score (nSPS) is 16.4. The van der Waals surface area contributed by atoms with Crippen molar-refractivity contribution in [2.75, 3.05) is 20.2 Å². The average molecular weight is 210 g/mol. The van der Waals surface area contributed by atoms with Crippen molar-refractivity contribution in [3.8, 4) is 5.88 Å². The smallest absolute Gasteiger partial charge is 0.258 e. The largest absolute Gasteiger partial charge is 0.479 e. The molecule has 0 radical (unpaired) electrons. The summed E-state index contributed by atoms with van der Waals surface area (Å²) in [4.78, 5) is 2.44. The first-order valence-electron chi connectivity index (χ1n) is 5.59. The van der Waals surface area contributed by atoms with E-state index in [1.54, 1.807) is 7.11 Å². The van der Waals surface area contributed by atoms with E-state index in [2.05, 4.69) is 17.0 Å². The lowest BCUT2D eigenvalue weighted by Gasteiger charge is -2.25. The van der Waals surface area contributed by atoms with Gasteiger partial charge in [0.2, 0.25) is 0 Å². The molecular weight excluding hydrogens is 192 g/mol. The number of hydrogen-bond acceptors (Lipinski definition) is 4. The molecule has 0 saturated heterocycles.